The summed E-state index contributed by atoms with van der Waals surface area (Å²) in [6.45, 7) is 4.69. The van der Waals surface area contributed by atoms with Crippen molar-refractivity contribution in [2.75, 3.05) is 26.2 Å². The standard InChI is InChI=1S/C23H29N3O2/c27-23(20-7-5-11-24-17-20)26(21-9-10-21)18-19-6-4-8-22(16-19)28-15-14-25-12-2-1-3-13-25/h4-8,11,16-17,21H,1-3,9-10,12-15,18H2. The molecule has 1 amide bonds. The number of hydrogen-bond donors (Lipinski definition) is 0. The van der Waals surface area contributed by atoms with Crippen molar-refractivity contribution in [2.45, 2.75) is 44.7 Å². The maximum absolute atomic E-state index is 12.9. The summed E-state index contributed by atoms with van der Waals surface area (Å²) in [6.07, 6.45) is 9.47. The Morgan fingerprint density at radius 2 is 2.00 bits per heavy atom. The van der Waals surface area contributed by atoms with E-state index in [2.05, 4.69) is 22.0 Å². The highest BCUT2D eigenvalue weighted by Crippen LogP contribution is 2.30. The molecule has 1 aromatic carbocycles. The Morgan fingerprint density at radius 1 is 1.14 bits per heavy atom. The SMILES string of the molecule is O=C(c1cccnc1)N(Cc1cccc(OCCN2CCCCC2)c1)C1CC1. The minimum atomic E-state index is 0.0621. The van der Waals surface area contributed by atoms with Crippen molar-refractivity contribution in [3.63, 3.8) is 0 Å². The molecule has 1 aliphatic heterocycles. The van der Waals surface area contributed by atoms with Gasteiger partial charge < -0.3 is 9.64 Å². The van der Waals surface area contributed by atoms with E-state index >= 15 is 0 Å². The van der Waals surface area contributed by atoms with Crippen LogP contribution in [0, 0.1) is 0 Å². The average Bonchev–Trinajstić information content (AvgIpc) is 3.59. The van der Waals surface area contributed by atoms with Gasteiger partial charge in [-0.15, -0.1) is 0 Å². The molecule has 5 nitrogen and oxygen atoms in total. The van der Waals surface area contributed by atoms with Crippen molar-refractivity contribution < 1.29 is 9.53 Å². The lowest BCUT2D eigenvalue weighted by Gasteiger charge is -2.26. The van der Waals surface area contributed by atoms with Gasteiger partial charge in [0.2, 0.25) is 0 Å². The van der Waals surface area contributed by atoms with E-state index in [4.69, 9.17) is 4.74 Å². The molecular weight excluding hydrogens is 350 g/mol. The fourth-order valence-corrected chi connectivity index (χ4v) is 3.81. The number of piperidine rings is 1. The molecular formula is C23H29N3O2. The van der Waals surface area contributed by atoms with Crippen molar-refractivity contribution >= 4 is 5.91 Å². The summed E-state index contributed by atoms with van der Waals surface area (Å²) in [6, 6.07) is 12.2. The van der Waals surface area contributed by atoms with Gasteiger partial charge in [-0.05, 0) is 68.6 Å². The Kier molecular flexibility index (Phi) is 6.22. The minimum Gasteiger partial charge on any atom is -0.492 e. The van der Waals surface area contributed by atoms with Crippen LogP contribution in [0.4, 0.5) is 0 Å². The molecule has 0 bridgehead atoms. The van der Waals surface area contributed by atoms with E-state index in [9.17, 15) is 4.79 Å². The van der Waals surface area contributed by atoms with E-state index in [1.54, 1.807) is 12.4 Å². The molecule has 2 fully saturated rings. The zero-order valence-corrected chi connectivity index (χ0v) is 16.4. The summed E-state index contributed by atoms with van der Waals surface area (Å²) in [5, 5.41) is 0. The first kappa shape index (κ1) is 18.9. The Balaban J connectivity index is 1.35. The van der Waals surface area contributed by atoms with Crippen molar-refractivity contribution in [1.29, 1.82) is 0 Å². The lowest BCUT2D eigenvalue weighted by Crippen LogP contribution is -2.33. The lowest BCUT2D eigenvalue weighted by atomic mass is 10.1. The van der Waals surface area contributed by atoms with Crippen LogP contribution in [-0.2, 0) is 6.54 Å². The number of aromatic nitrogens is 1. The molecule has 2 heterocycles. The first-order chi connectivity index (χ1) is 13.8. The molecule has 4 rings (SSSR count). The minimum absolute atomic E-state index is 0.0621. The third-order valence-corrected chi connectivity index (χ3v) is 5.53. The smallest absolute Gasteiger partial charge is 0.255 e. The fraction of sp³-hybridized carbons (Fsp3) is 0.478. The molecule has 0 N–H and O–H groups in total. The van der Waals surface area contributed by atoms with Crippen LogP contribution in [-0.4, -0.2) is 53.0 Å². The van der Waals surface area contributed by atoms with Crippen LogP contribution >= 0.6 is 0 Å². The van der Waals surface area contributed by atoms with Crippen molar-refractivity contribution in [3.05, 3.63) is 59.9 Å². The number of carbonyl (C=O) groups is 1. The molecule has 0 atom stereocenters. The van der Waals surface area contributed by atoms with Crippen LogP contribution in [0.5, 0.6) is 5.75 Å². The lowest BCUT2D eigenvalue weighted by molar-refractivity contribution is 0.0729. The van der Waals surface area contributed by atoms with Crippen molar-refractivity contribution in [3.8, 4) is 5.75 Å². The molecule has 5 heteroatoms. The largest absolute Gasteiger partial charge is 0.492 e. The predicted molar refractivity (Wildman–Crippen MR) is 109 cm³/mol. The summed E-state index contributed by atoms with van der Waals surface area (Å²) in [5.41, 5.74) is 1.77. The summed E-state index contributed by atoms with van der Waals surface area (Å²) < 4.78 is 6.00. The van der Waals surface area contributed by atoms with Crippen LogP contribution in [0.2, 0.25) is 0 Å². The number of pyridine rings is 1. The van der Waals surface area contributed by atoms with Crippen LogP contribution in [0.25, 0.3) is 0 Å². The van der Waals surface area contributed by atoms with E-state index in [1.807, 2.05) is 29.2 Å². The maximum Gasteiger partial charge on any atom is 0.255 e. The molecule has 1 saturated heterocycles. The number of nitrogens with zero attached hydrogens (tertiary/aromatic N) is 3. The van der Waals surface area contributed by atoms with Gasteiger partial charge in [0, 0.05) is 31.5 Å². The van der Waals surface area contributed by atoms with Gasteiger partial charge in [0.15, 0.2) is 0 Å². The molecule has 1 aliphatic carbocycles. The van der Waals surface area contributed by atoms with Crippen LogP contribution in [0.1, 0.15) is 48.0 Å². The van der Waals surface area contributed by atoms with Crippen molar-refractivity contribution in [1.82, 2.24) is 14.8 Å². The summed E-state index contributed by atoms with van der Waals surface area (Å²) in [5.74, 6) is 0.950. The van der Waals surface area contributed by atoms with E-state index in [0.717, 1.165) is 30.7 Å². The molecule has 2 aromatic rings. The molecule has 148 valence electrons. The zero-order valence-electron chi connectivity index (χ0n) is 16.4. The van der Waals surface area contributed by atoms with Gasteiger partial charge in [-0.3, -0.25) is 14.7 Å². The average molecular weight is 380 g/mol. The topological polar surface area (TPSA) is 45.7 Å². The first-order valence-electron chi connectivity index (χ1n) is 10.4. The normalized spacial score (nSPS) is 17.3. The number of ether oxygens (including phenoxy) is 1. The van der Waals surface area contributed by atoms with Gasteiger partial charge >= 0.3 is 0 Å². The Bertz CT molecular complexity index is 770. The first-order valence-corrected chi connectivity index (χ1v) is 10.4. The summed E-state index contributed by atoms with van der Waals surface area (Å²) >= 11 is 0. The Morgan fingerprint density at radius 3 is 2.75 bits per heavy atom. The third-order valence-electron chi connectivity index (χ3n) is 5.53. The van der Waals surface area contributed by atoms with Gasteiger partial charge in [-0.1, -0.05) is 18.6 Å². The predicted octanol–water partition coefficient (Wildman–Crippen LogP) is 3.75. The van der Waals surface area contributed by atoms with E-state index in [-0.39, 0.29) is 5.91 Å². The second-order valence-electron chi connectivity index (χ2n) is 7.80. The molecule has 28 heavy (non-hydrogen) atoms. The van der Waals surface area contributed by atoms with Crippen LogP contribution in [0.3, 0.4) is 0 Å². The second-order valence-corrected chi connectivity index (χ2v) is 7.80. The van der Waals surface area contributed by atoms with E-state index in [1.165, 1.54) is 32.4 Å². The maximum atomic E-state index is 12.9. The second kappa shape index (κ2) is 9.20. The quantitative estimate of drug-likeness (QED) is 0.701. The molecule has 0 unspecified atom stereocenters. The number of carbonyl (C=O) groups excluding carboxylic acids is 1. The highest BCUT2D eigenvalue weighted by Gasteiger charge is 2.33. The number of amides is 1. The van der Waals surface area contributed by atoms with Gasteiger partial charge in [-0.25, -0.2) is 0 Å². The molecule has 2 aliphatic rings. The highest BCUT2D eigenvalue weighted by atomic mass is 16.5. The third kappa shape index (κ3) is 5.10. The molecule has 0 spiro atoms. The number of rotatable bonds is 8. The summed E-state index contributed by atoms with van der Waals surface area (Å²) in [7, 11) is 0. The zero-order chi connectivity index (χ0) is 19.2. The highest BCUT2D eigenvalue weighted by molar-refractivity contribution is 5.94. The summed E-state index contributed by atoms with van der Waals surface area (Å²) in [4.78, 5) is 21.5. The van der Waals surface area contributed by atoms with E-state index in [0.29, 0.717) is 24.8 Å². The van der Waals surface area contributed by atoms with Crippen LogP contribution in [0.15, 0.2) is 48.8 Å². The Labute approximate surface area is 167 Å². The fourth-order valence-electron chi connectivity index (χ4n) is 3.81. The number of hydrogen-bond acceptors (Lipinski definition) is 4. The number of likely N-dealkylation sites (tertiary alicyclic amines) is 1. The van der Waals surface area contributed by atoms with Gasteiger partial charge in [0.1, 0.15) is 12.4 Å². The monoisotopic (exact) mass is 379 g/mol. The van der Waals surface area contributed by atoms with Crippen molar-refractivity contribution in [2.24, 2.45) is 0 Å². The van der Waals surface area contributed by atoms with Gasteiger partial charge in [0.25, 0.3) is 5.91 Å². The molecule has 0 radical (unpaired) electrons. The van der Waals surface area contributed by atoms with Crippen LogP contribution < -0.4 is 4.74 Å². The molecule has 1 saturated carbocycles. The molecule has 1 aromatic heterocycles. The Hall–Kier alpha value is -2.40. The van der Waals surface area contributed by atoms with Gasteiger partial charge in [-0.2, -0.15) is 0 Å². The van der Waals surface area contributed by atoms with E-state index < -0.39 is 0 Å². The van der Waals surface area contributed by atoms with Gasteiger partial charge in [0.05, 0.1) is 5.56 Å². The number of benzene rings is 1.